The molecule has 46 heavy (non-hydrogen) atoms. The highest BCUT2D eigenvalue weighted by molar-refractivity contribution is 8.00. The summed E-state index contributed by atoms with van der Waals surface area (Å²) in [6, 6.07) is 0.139. The van der Waals surface area contributed by atoms with Gasteiger partial charge in [0.1, 0.15) is 47.2 Å². The molecule has 15 nitrogen and oxygen atoms in total. The highest BCUT2D eigenvalue weighted by Gasteiger charge is 2.49. The third kappa shape index (κ3) is 6.18. The lowest BCUT2D eigenvalue weighted by molar-refractivity contribution is -0.186. The smallest absolute Gasteiger partial charge is 0.316 e. The lowest BCUT2D eigenvalue weighted by atomic mass is 9.97. The van der Waals surface area contributed by atoms with Crippen LogP contribution in [-0.4, -0.2) is 124 Å². The number of nitrogens with zero attached hydrogens (tertiary/aromatic N) is 8. The molecular formula is C27H29F3N8O7S. The van der Waals surface area contributed by atoms with E-state index >= 15 is 0 Å². The maximum Gasteiger partial charge on any atom is 0.316 e. The quantitative estimate of drug-likeness (QED) is 0.213. The average Bonchev–Trinajstić information content (AvgIpc) is 3.76. The van der Waals surface area contributed by atoms with Crippen LogP contribution in [0.4, 0.5) is 13.2 Å². The molecule has 3 aromatic heterocycles. The van der Waals surface area contributed by atoms with E-state index in [0.717, 1.165) is 12.1 Å². The van der Waals surface area contributed by atoms with E-state index in [1.807, 2.05) is 0 Å². The molecular weight excluding hydrogens is 637 g/mol. The van der Waals surface area contributed by atoms with Crippen LogP contribution in [0.5, 0.6) is 6.01 Å². The number of thioether (sulfide) groups is 1. The number of methoxy groups -OCH3 is 2. The predicted molar refractivity (Wildman–Crippen MR) is 152 cm³/mol. The van der Waals surface area contributed by atoms with Crippen LogP contribution in [0.1, 0.15) is 12.1 Å². The molecule has 0 radical (unpaired) electrons. The maximum absolute atomic E-state index is 13.9. The Morgan fingerprint density at radius 3 is 2.24 bits per heavy atom. The van der Waals surface area contributed by atoms with Gasteiger partial charge in [-0.15, -0.1) is 22.0 Å². The van der Waals surface area contributed by atoms with Gasteiger partial charge in [-0.2, -0.15) is 0 Å². The van der Waals surface area contributed by atoms with E-state index in [9.17, 15) is 28.5 Å². The molecule has 4 aromatic rings. The first kappa shape index (κ1) is 32.2. The van der Waals surface area contributed by atoms with Gasteiger partial charge in [0.2, 0.25) is 0 Å². The van der Waals surface area contributed by atoms with E-state index in [2.05, 4.69) is 30.6 Å². The van der Waals surface area contributed by atoms with Gasteiger partial charge < -0.3 is 34.3 Å². The first-order chi connectivity index (χ1) is 22.2. The normalized spacial score (nSPS) is 28.3. The monoisotopic (exact) mass is 666 g/mol. The van der Waals surface area contributed by atoms with E-state index in [1.54, 1.807) is 6.20 Å². The summed E-state index contributed by atoms with van der Waals surface area (Å²) in [6.45, 7) is -0.283. The van der Waals surface area contributed by atoms with Crippen molar-refractivity contribution < 1.29 is 47.4 Å². The summed E-state index contributed by atoms with van der Waals surface area (Å²) in [7, 11) is 2.84. The number of halogens is 3. The van der Waals surface area contributed by atoms with Crippen LogP contribution in [0.3, 0.4) is 0 Å². The molecule has 8 unspecified atom stereocenters. The molecule has 2 aliphatic heterocycles. The number of hydrogen-bond donors (Lipinski definition) is 3. The molecule has 0 amide bonds. The van der Waals surface area contributed by atoms with Crippen LogP contribution in [0, 0.1) is 17.5 Å². The summed E-state index contributed by atoms with van der Waals surface area (Å²) < 4.78 is 66.6. The van der Waals surface area contributed by atoms with Crippen molar-refractivity contribution in [3.8, 4) is 28.5 Å². The molecule has 2 fully saturated rings. The van der Waals surface area contributed by atoms with E-state index in [4.69, 9.17) is 18.9 Å². The zero-order valence-electron chi connectivity index (χ0n) is 24.3. The number of benzene rings is 1. The third-order valence-electron chi connectivity index (χ3n) is 7.80. The second kappa shape index (κ2) is 13.6. The van der Waals surface area contributed by atoms with E-state index in [-0.39, 0.29) is 30.5 Å². The van der Waals surface area contributed by atoms with Crippen molar-refractivity contribution >= 4 is 11.8 Å². The van der Waals surface area contributed by atoms with Crippen molar-refractivity contribution in [3.05, 3.63) is 54.4 Å². The number of rotatable bonds is 9. The Morgan fingerprint density at radius 2 is 1.59 bits per heavy atom. The molecule has 0 aliphatic carbocycles. The van der Waals surface area contributed by atoms with Crippen molar-refractivity contribution in [3.63, 3.8) is 0 Å². The zero-order valence-corrected chi connectivity index (χ0v) is 25.1. The largest absolute Gasteiger partial charge is 0.467 e. The number of aliphatic hydroxyl groups excluding tert-OH is 3. The topological polar surface area (TPSA) is 185 Å². The van der Waals surface area contributed by atoms with Gasteiger partial charge in [0.05, 0.1) is 50.7 Å². The first-order valence-corrected chi connectivity index (χ1v) is 14.9. The van der Waals surface area contributed by atoms with E-state index in [1.165, 1.54) is 53.9 Å². The molecule has 2 saturated heterocycles. The van der Waals surface area contributed by atoms with Gasteiger partial charge in [-0.05, 0) is 12.1 Å². The van der Waals surface area contributed by atoms with Gasteiger partial charge in [-0.25, -0.2) is 32.5 Å². The molecule has 8 atom stereocenters. The summed E-state index contributed by atoms with van der Waals surface area (Å²) in [5, 5.41) is 48.4. The molecule has 19 heteroatoms. The molecule has 3 N–H and O–H groups in total. The summed E-state index contributed by atoms with van der Waals surface area (Å²) in [5.41, 5.74) is 0.123. The maximum atomic E-state index is 13.9. The lowest BCUT2D eigenvalue weighted by Gasteiger charge is -2.45. The van der Waals surface area contributed by atoms with Crippen molar-refractivity contribution in [1.82, 2.24) is 40.0 Å². The molecule has 246 valence electrons. The van der Waals surface area contributed by atoms with Crippen LogP contribution in [0.2, 0.25) is 0 Å². The van der Waals surface area contributed by atoms with Crippen LogP contribution in [-0.2, 0) is 14.2 Å². The van der Waals surface area contributed by atoms with Crippen molar-refractivity contribution in [2.45, 2.75) is 47.2 Å². The Kier molecular flexibility index (Phi) is 9.50. The fourth-order valence-corrected chi connectivity index (χ4v) is 6.88. The minimum Gasteiger partial charge on any atom is -0.467 e. The molecule has 2 aliphatic rings. The van der Waals surface area contributed by atoms with Gasteiger partial charge in [-0.1, -0.05) is 10.4 Å². The number of aromatic nitrogens is 8. The second-order valence-electron chi connectivity index (χ2n) is 10.6. The molecule has 5 heterocycles. The highest BCUT2D eigenvalue weighted by Crippen LogP contribution is 2.41. The van der Waals surface area contributed by atoms with Crippen LogP contribution in [0.15, 0.2) is 36.9 Å². The predicted octanol–water partition coefficient (Wildman–Crippen LogP) is 0.788. The van der Waals surface area contributed by atoms with Crippen molar-refractivity contribution in [2.24, 2.45) is 0 Å². The van der Waals surface area contributed by atoms with Crippen LogP contribution >= 0.6 is 11.8 Å². The van der Waals surface area contributed by atoms with Gasteiger partial charge in [0.25, 0.3) is 0 Å². The lowest BCUT2D eigenvalue weighted by Crippen LogP contribution is -2.56. The van der Waals surface area contributed by atoms with Gasteiger partial charge in [0, 0.05) is 30.6 Å². The van der Waals surface area contributed by atoms with Gasteiger partial charge in [0.15, 0.2) is 17.5 Å². The number of hydrogen-bond acceptors (Lipinski definition) is 14. The standard InChI is InChI=1S/C27H29F3N8O7S/c1-42-25-22(38-8-16(33-36-38)12-3-14(28)21(30)15(29)4-12)24(41)19(9-39)45-26(25)46-20-11-44-10-18(23(20)40)37-7-17(34-35-37)13-5-31-27(43-2)32-6-13/h3-8,18-20,22-26,39-41H,9-11H2,1-2H3. The fourth-order valence-electron chi connectivity index (χ4n) is 5.38. The fraction of sp³-hybridized carbons (Fsp3) is 0.481. The van der Waals surface area contributed by atoms with E-state index in [0.29, 0.717) is 11.3 Å². The summed E-state index contributed by atoms with van der Waals surface area (Å²) in [5.74, 6) is -4.41. The van der Waals surface area contributed by atoms with E-state index < -0.39 is 71.2 Å². The van der Waals surface area contributed by atoms with Gasteiger partial charge >= 0.3 is 6.01 Å². The molecule has 0 bridgehead atoms. The van der Waals surface area contributed by atoms with Crippen LogP contribution in [0.25, 0.3) is 22.5 Å². The number of aliphatic hydroxyl groups is 3. The molecule has 6 rings (SSSR count). The molecule has 1 aromatic carbocycles. The van der Waals surface area contributed by atoms with Crippen molar-refractivity contribution in [2.75, 3.05) is 34.0 Å². The summed E-state index contributed by atoms with van der Waals surface area (Å²) in [6.07, 6.45) is 1.67. The molecule has 0 saturated carbocycles. The molecule has 0 spiro atoms. The SMILES string of the molecule is COc1ncc(-c2cn(C3COCC(SC4OC(CO)C(O)C(n5cc(-c6cc(F)c(F)c(F)c6)nn5)C4OC)C3O)nn2)cn1. The minimum atomic E-state index is -1.62. The first-order valence-electron chi connectivity index (χ1n) is 14.0. The van der Waals surface area contributed by atoms with Crippen LogP contribution < -0.4 is 4.74 Å². The Bertz CT molecular complexity index is 1630. The average molecular weight is 667 g/mol. The zero-order chi connectivity index (χ0) is 32.5. The highest BCUT2D eigenvalue weighted by atomic mass is 32.2. The van der Waals surface area contributed by atoms with Crippen molar-refractivity contribution in [1.29, 1.82) is 0 Å². The third-order valence-corrected chi connectivity index (χ3v) is 9.22. The Morgan fingerprint density at radius 1 is 0.935 bits per heavy atom. The minimum absolute atomic E-state index is 0.00319. The Balaban J connectivity index is 1.21. The Hall–Kier alpha value is -3.72. The van der Waals surface area contributed by atoms with Gasteiger partial charge in [-0.3, -0.25) is 0 Å². The second-order valence-corrected chi connectivity index (χ2v) is 11.9. The summed E-state index contributed by atoms with van der Waals surface area (Å²) in [4.78, 5) is 8.15. The summed E-state index contributed by atoms with van der Waals surface area (Å²) >= 11 is 1.17. The number of ether oxygens (including phenoxy) is 4. The Labute approximate surface area is 263 Å².